The number of ketones is 2. The van der Waals surface area contributed by atoms with Gasteiger partial charge in [0.2, 0.25) is 0 Å². The number of aliphatic hydroxyl groups is 3. The van der Waals surface area contributed by atoms with E-state index in [0.29, 0.717) is 13.1 Å². The molecule has 4 bridgehead atoms. The molecule has 15 heteroatoms. The van der Waals surface area contributed by atoms with Gasteiger partial charge in [0.05, 0.1) is 36.2 Å². The maximum Gasteiger partial charge on any atom is 0.297 e. The van der Waals surface area contributed by atoms with Crippen molar-refractivity contribution >= 4 is 41.4 Å². The van der Waals surface area contributed by atoms with Gasteiger partial charge in [0.1, 0.15) is 11.1 Å². The van der Waals surface area contributed by atoms with Crippen molar-refractivity contribution in [2.75, 3.05) is 52.6 Å². The molecule has 0 saturated carbocycles. The van der Waals surface area contributed by atoms with Crippen LogP contribution in [0.25, 0.3) is 0 Å². The molecule has 47 heavy (non-hydrogen) atoms. The first-order valence-electron chi connectivity index (χ1n) is 15.5. The van der Waals surface area contributed by atoms with Gasteiger partial charge in [-0.15, -0.1) is 0 Å². The van der Waals surface area contributed by atoms with Crippen LogP contribution in [0.2, 0.25) is 0 Å². The maximum absolute atomic E-state index is 12.6. The van der Waals surface area contributed by atoms with Crippen LogP contribution in [0.15, 0.2) is 58.3 Å². The summed E-state index contributed by atoms with van der Waals surface area (Å²) in [5, 5.41) is 28.2. The van der Waals surface area contributed by atoms with E-state index >= 15 is 0 Å². The second kappa shape index (κ2) is 15.1. The van der Waals surface area contributed by atoms with Gasteiger partial charge < -0.3 is 15.3 Å². The molecule has 0 spiro atoms. The number of halogens is 1. The predicted molar refractivity (Wildman–Crippen MR) is 174 cm³/mol. The lowest BCUT2D eigenvalue weighted by molar-refractivity contribution is -0.156. The van der Waals surface area contributed by atoms with Gasteiger partial charge in [-0.05, 0) is 90.0 Å². The van der Waals surface area contributed by atoms with Crippen LogP contribution in [0.1, 0.15) is 36.8 Å². The topological polar surface area (TPSA) is 179 Å². The number of piperidine rings is 6. The fourth-order valence-electron chi connectivity index (χ4n) is 6.65. The molecule has 0 amide bonds. The molecule has 12 nitrogen and oxygen atoms in total. The molecule has 1 atom stereocenters. The first-order valence-corrected chi connectivity index (χ1v) is 19.2. The lowest BCUT2D eigenvalue weighted by atomic mass is 9.74. The number of fused-ring (bicyclic) bond motifs is 6. The summed E-state index contributed by atoms with van der Waals surface area (Å²) in [5.41, 5.74) is -0.226. The minimum Gasteiger partial charge on any atom is -0.394 e. The Morgan fingerprint density at radius 1 is 0.681 bits per heavy atom. The molecular formula is C32H43ClN2O10S2. The van der Waals surface area contributed by atoms with Crippen LogP contribution in [-0.2, 0) is 32.9 Å². The largest absolute Gasteiger partial charge is 0.394 e. The minimum absolute atomic E-state index is 0.0370. The van der Waals surface area contributed by atoms with Crippen LogP contribution in [0, 0.1) is 25.7 Å². The number of rotatable bonds is 8. The zero-order valence-electron chi connectivity index (χ0n) is 26.5. The highest BCUT2D eigenvalue weighted by molar-refractivity contribution is 8.13. The highest BCUT2D eigenvalue weighted by Crippen LogP contribution is 2.37. The smallest absolute Gasteiger partial charge is 0.297 e. The summed E-state index contributed by atoms with van der Waals surface area (Å²) in [4.78, 5) is 28.4. The average molecular weight is 715 g/mol. The van der Waals surface area contributed by atoms with Crippen molar-refractivity contribution in [3.8, 4) is 0 Å². The lowest BCUT2D eigenvalue weighted by Gasteiger charge is -2.51. The van der Waals surface area contributed by atoms with E-state index in [1.807, 2.05) is 23.6 Å². The van der Waals surface area contributed by atoms with Gasteiger partial charge in [0.15, 0.2) is 11.6 Å². The van der Waals surface area contributed by atoms with E-state index in [2.05, 4.69) is 0 Å². The van der Waals surface area contributed by atoms with E-state index in [1.54, 1.807) is 24.3 Å². The molecule has 6 heterocycles. The fourth-order valence-corrected chi connectivity index (χ4v) is 8.38. The van der Waals surface area contributed by atoms with Gasteiger partial charge in [-0.2, -0.15) is 8.42 Å². The Morgan fingerprint density at radius 2 is 1.04 bits per heavy atom. The molecule has 6 aliphatic heterocycles. The number of hydrogen-bond donors (Lipinski definition) is 3. The van der Waals surface area contributed by atoms with Crippen molar-refractivity contribution in [3.63, 3.8) is 0 Å². The third kappa shape index (κ3) is 7.97. The second-order valence-corrected chi connectivity index (χ2v) is 16.8. The van der Waals surface area contributed by atoms with Crippen LogP contribution in [0.3, 0.4) is 0 Å². The quantitative estimate of drug-likeness (QED) is 0.267. The number of carbonyl (C=O) groups excluding carboxylic acids is 2. The number of aliphatic hydroxyl groups excluding tert-OH is 3. The molecule has 0 radical (unpaired) electrons. The number of aryl methyl sites for hydroxylation is 2. The zero-order valence-corrected chi connectivity index (χ0v) is 28.9. The van der Waals surface area contributed by atoms with Crippen LogP contribution in [0.5, 0.6) is 0 Å². The van der Waals surface area contributed by atoms with Crippen molar-refractivity contribution < 1.29 is 45.9 Å². The highest BCUT2D eigenvalue weighted by atomic mass is 35.7. The van der Waals surface area contributed by atoms with Gasteiger partial charge in [-0.25, -0.2) is 8.42 Å². The Morgan fingerprint density at radius 3 is 1.36 bits per heavy atom. The standard InChI is InChI=1S/C16H21NO5S.C9H15NO3.C7H7ClO2S/c1-12-2-4-14(5-3-12)23(20,21)22-11-16(10-18)15(19)13-6-8-17(16)9-7-13;11-5-9(6-12)8(13)7-1-3-10(9)4-2-7;1-6-2-4-7(5-3-6)11(8,9)10/h2-5,13,18H,6-11H2,1H3;7,11-12H,1-6H2;2-5H,1H3. The van der Waals surface area contributed by atoms with Crippen molar-refractivity contribution in [2.24, 2.45) is 11.8 Å². The third-order valence-electron chi connectivity index (χ3n) is 9.71. The Labute approximate surface area is 280 Å². The van der Waals surface area contributed by atoms with E-state index in [-0.39, 0.29) is 53.0 Å². The summed E-state index contributed by atoms with van der Waals surface area (Å²) < 4.78 is 51.2. The molecule has 6 fully saturated rings. The number of nitrogens with zero attached hydrogens (tertiary/aromatic N) is 2. The normalized spacial score (nSPS) is 27.8. The number of Topliss-reactive ketones (excluding diaryl/α,β-unsaturated/α-hetero) is 2. The predicted octanol–water partition coefficient (Wildman–Crippen LogP) is 1.65. The first kappa shape index (κ1) is 37.5. The van der Waals surface area contributed by atoms with Gasteiger partial charge in [0.25, 0.3) is 19.2 Å². The Hall–Kier alpha value is -2.27. The average Bonchev–Trinajstić information content (AvgIpc) is 3.07. The molecule has 0 aromatic heterocycles. The third-order valence-corrected chi connectivity index (χ3v) is 12.4. The SMILES string of the molecule is Cc1ccc(S(=O)(=O)Cl)cc1.Cc1ccc(S(=O)(=O)OCC2(CO)C(=O)C3CCN2CC3)cc1.O=C1C2CCN(CC2)C1(CO)CO. The molecule has 1 unspecified atom stereocenters. The Bertz CT molecular complexity index is 1610. The molecule has 6 saturated heterocycles. The van der Waals surface area contributed by atoms with Crippen molar-refractivity contribution in [3.05, 3.63) is 59.7 Å². The summed E-state index contributed by atoms with van der Waals surface area (Å²) in [6.07, 6.45) is 3.32. The van der Waals surface area contributed by atoms with Crippen LogP contribution < -0.4 is 0 Å². The van der Waals surface area contributed by atoms with Crippen LogP contribution >= 0.6 is 10.7 Å². The van der Waals surface area contributed by atoms with Gasteiger partial charge in [-0.3, -0.25) is 23.6 Å². The van der Waals surface area contributed by atoms with Gasteiger partial charge in [-0.1, -0.05) is 35.4 Å². The molecule has 3 N–H and O–H groups in total. The monoisotopic (exact) mass is 714 g/mol. The summed E-state index contributed by atoms with van der Waals surface area (Å²) in [6, 6.07) is 12.7. The molecule has 0 aliphatic carbocycles. The van der Waals surface area contributed by atoms with Gasteiger partial charge in [0, 0.05) is 22.5 Å². The van der Waals surface area contributed by atoms with E-state index < -0.39 is 36.9 Å². The summed E-state index contributed by atoms with van der Waals surface area (Å²) in [6.45, 7) is 5.51. The van der Waals surface area contributed by atoms with E-state index in [0.717, 1.165) is 49.9 Å². The van der Waals surface area contributed by atoms with Gasteiger partial charge >= 0.3 is 0 Å². The van der Waals surface area contributed by atoms with Crippen molar-refractivity contribution in [2.45, 2.75) is 60.4 Å². The van der Waals surface area contributed by atoms with E-state index in [1.165, 1.54) is 24.3 Å². The first-order chi connectivity index (χ1) is 22.1. The van der Waals surface area contributed by atoms with Crippen molar-refractivity contribution in [1.82, 2.24) is 9.80 Å². The minimum atomic E-state index is -3.95. The van der Waals surface area contributed by atoms with Crippen LogP contribution in [0.4, 0.5) is 0 Å². The molecule has 6 aliphatic rings. The second-order valence-electron chi connectivity index (χ2n) is 12.6. The number of hydrogen-bond acceptors (Lipinski definition) is 12. The lowest BCUT2D eigenvalue weighted by Crippen LogP contribution is -2.69. The fraction of sp³-hybridized carbons (Fsp3) is 0.562. The van der Waals surface area contributed by atoms with Crippen molar-refractivity contribution in [1.29, 1.82) is 0 Å². The van der Waals surface area contributed by atoms with Crippen LogP contribution in [-0.4, -0.2) is 117 Å². The highest BCUT2D eigenvalue weighted by Gasteiger charge is 2.54. The molecular weight excluding hydrogens is 672 g/mol. The van der Waals surface area contributed by atoms with E-state index in [9.17, 15) is 41.7 Å². The summed E-state index contributed by atoms with van der Waals surface area (Å²) in [7, 11) is -2.42. The Balaban J connectivity index is 0.000000176. The van der Waals surface area contributed by atoms with E-state index in [4.69, 9.17) is 14.9 Å². The molecule has 260 valence electrons. The zero-order chi connectivity index (χ0) is 34.6. The molecule has 2 aromatic carbocycles. The number of carbonyl (C=O) groups is 2. The summed E-state index contributed by atoms with van der Waals surface area (Å²) in [5.74, 6) is -0.0891. The Kier molecular flexibility index (Phi) is 12.1. The molecule has 2 aromatic rings. The number of benzene rings is 2. The summed E-state index contributed by atoms with van der Waals surface area (Å²) >= 11 is 0. The maximum atomic E-state index is 12.6. The molecule has 8 rings (SSSR count).